The maximum Gasteiger partial charge on any atom is 0.253 e. The topological polar surface area (TPSA) is 54.1 Å². The van der Waals surface area contributed by atoms with Crippen molar-refractivity contribution in [1.29, 1.82) is 0 Å². The second kappa shape index (κ2) is 3.80. The smallest absolute Gasteiger partial charge is 0.253 e. The van der Waals surface area contributed by atoms with Crippen LogP contribution in [0.2, 0.25) is 0 Å². The van der Waals surface area contributed by atoms with Crippen molar-refractivity contribution in [2.45, 2.75) is 12.8 Å². The van der Waals surface area contributed by atoms with Gasteiger partial charge in [0, 0.05) is 23.1 Å². The van der Waals surface area contributed by atoms with E-state index in [1.165, 1.54) is 0 Å². The number of ether oxygens (including phenoxy) is 1. The average Bonchev–Trinajstić information content (AvgIpc) is 2.61. The first-order valence-corrected chi connectivity index (χ1v) is 5.76. The number of carbonyl (C=O) groups is 1. The van der Waals surface area contributed by atoms with E-state index in [0.29, 0.717) is 0 Å². The van der Waals surface area contributed by atoms with Gasteiger partial charge in [-0.3, -0.25) is 4.79 Å². The van der Waals surface area contributed by atoms with Crippen molar-refractivity contribution >= 4 is 16.8 Å². The molecule has 0 saturated carbocycles. The first-order chi connectivity index (χ1) is 8.29. The summed E-state index contributed by atoms with van der Waals surface area (Å²) in [4.78, 5) is 15.3. The van der Waals surface area contributed by atoms with Gasteiger partial charge in [-0.25, -0.2) is 0 Å². The molecular formula is C13H14N2O2. The van der Waals surface area contributed by atoms with Crippen LogP contribution >= 0.6 is 0 Å². The molecule has 0 radical (unpaired) electrons. The number of rotatable bonds is 1. The van der Waals surface area contributed by atoms with Crippen LogP contribution in [0.4, 0.5) is 0 Å². The highest BCUT2D eigenvalue weighted by molar-refractivity contribution is 6.08. The molecule has 0 spiro atoms. The molecule has 0 fully saturated rings. The third-order valence-electron chi connectivity index (χ3n) is 3.20. The SMILES string of the molecule is COc1ccc2[nH]c3c(c2c1)C(=O)NCCC3. The molecule has 3 rings (SSSR count). The van der Waals surface area contributed by atoms with Crippen LogP contribution in [0.1, 0.15) is 22.5 Å². The quantitative estimate of drug-likeness (QED) is 0.785. The molecule has 0 saturated heterocycles. The molecular weight excluding hydrogens is 216 g/mol. The van der Waals surface area contributed by atoms with Gasteiger partial charge in [-0.05, 0) is 31.0 Å². The Balaban J connectivity index is 2.26. The Kier molecular flexibility index (Phi) is 2.28. The summed E-state index contributed by atoms with van der Waals surface area (Å²) >= 11 is 0. The van der Waals surface area contributed by atoms with Gasteiger partial charge in [-0.2, -0.15) is 0 Å². The third kappa shape index (κ3) is 1.56. The number of aryl methyl sites for hydroxylation is 1. The van der Waals surface area contributed by atoms with Crippen molar-refractivity contribution in [2.24, 2.45) is 0 Å². The van der Waals surface area contributed by atoms with E-state index in [9.17, 15) is 4.79 Å². The Bertz CT molecular complexity index is 586. The van der Waals surface area contributed by atoms with E-state index in [1.54, 1.807) is 7.11 Å². The zero-order valence-corrected chi connectivity index (χ0v) is 9.67. The van der Waals surface area contributed by atoms with Gasteiger partial charge in [0.05, 0.1) is 12.7 Å². The first kappa shape index (κ1) is 10.2. The predicted octanol–water partition coefficient (Wildman–Crippen LogP) is 1.85. The van der Waals surface area contributed by atoms with E-state index >= 15 is 0 Å². The fraction of sp³-hybridized carbons (Fsp3) is 0.308. The summed E-state index contributed by atoms with van der Waals surface area (Å²) in [5, 5.41) is 3.86. The van der Waals surface area contributed by atoms with Crippen molar-refractivity contribution in [1.82, 2.24) is 10.3 Å². The normalized spacial score (nSPS) is 15.2. The van der Waals surface area contributed by atoms with Gasteiger partial charge in [0.25, 0.3) is 5.91 Å². The zero-order chi connectivity index (χ0) is 11.8. The molecule has 88 valence electrons. The molecule has 2 aromatic rings. The Morgan fingerprint density at radius 3 is 3.06 bits per heavy atom. The summed E-state index contributed by atoms with van der Waals surface area (Å²) in [5.41, 5.74) is 2.80. The van der Waals surface area contributed by atoms with E-state index in [4.69, 9.17) is 4.74 Å². The number of aromatic nitrogens is 1. The van der Waals surface area contributed by atoms with Crippen LogP contribution in [-0.4, -0.2) is 24.5 Å². The summed E-state index contributed by atoms with van der Waals surface area (Å²) in [6, 6.07) is 5.77. The second-order valence-corrected chi connectivity index (χ2v) is 4.25. The molecule has 0 unspecified atom stereocenters. The fourth-order valence-electron chi connectivity index (χ4n) is 2.36. The van der Waals surface area contributed by atoms with Gasteiger partial charge in [-0.1, -0.05) is 0 Å². The molecule has 17 heavy (non-hydrogen) atoms. The van der Waals surface area contributed by atoms with Crippen LogP contribution in [0, 0.1) is 0 Å². The standard InChI is InChI=1S/C13H14N2O2/c1-17-8-4-5-10-9(7-8)12-11(15-10)3-2-6-14-13(12)16/h4-5,7,15H,2-3,6H2,1H3,(H,14,16). The van der Waals surface area contributed by atoms with Gasteiger partial charge < -0.3 is 15.0 Å². The monoisotopic (exact) mass is 230 g/mol. The van der Waals surface area contributed by atoms with Crippen molar-refractivity contribution < 1.29 is 9.53 Å². The molecule has 4 nitrogen and oxygen atoms in total. The van der Waals surface area contributed by atoms with Crippen LogP contribution in [0.3, 0.4) is 0 Å². The number of carbonyl (C=O) groups excluding carboxylic acids is 1. The fourth-order valence-corrected chi connectivity index (χ4v) is 2.36. The summed E-state index contributed by atoms with van der Waals surface area (Å²) in [6.45, 7) is 0.743. The number of amides is 1. The molecule has 1 aliphatic rings. The minimum absolute atomic E-state index is 0.0111. The number of hydrogen-bond donors (Lipinski definition) is 2. The van der Waals surface area contributed by atoms with Gasteiger partial charge >= 0.3 is 0 Å². The summed E-state index contributed by atoms with van der Waals surface area (Å²) in [6.07, 6.45) is 1.88. The van der Waals surface area contributed by atoms with Crippen molar-refractivity contribution in [3.63, 3.8) is 0 Å². The Labute approximate surface area is 99.0 Å². The van der Waals surface area contributed by atoms with Crippen LogP contribution in [0.5, 0.6) is 5.75 Å². The summed E-state index contributed by atoms with van der Waals surface area (Å²) in [5.74, 6) is 0.786. The van der Waals surface area contributed by atoms with E-state index < -0.39 is 0 Å². The minimum Gasteiger partial charge on any atom is -0.497 e. The highest BCUT2D eigenvalue weighted by Crippen LogP contribution is 2.28. The molecule has 0 aliphatic carbocycles. The van der Waals surface area contributed by atoms with Gasteiger partial charge in [0.2, 0.25) is 0 Å². The maximum atomic E-state index is 12.0. The molecule has 0 bridgehead atoms. The van der Waals surface area contributed by atoms with Crippen LogP contribution in [-0.2, 0) is 6.42 Å². The van der Waals surface area contributed by atoms with E-state index in [1.807, 2.05) is 18.2 Å². The number of nitrogens with one attached hydrogen (secondary N) is 2. The predicted molar refractivity (Wildman–Crippen MR) is 65.5 cm³/mol. The van der Waals surface area contributed by atoms with Crippen molar-refractivity contribution in [2.75, 3.05) is 13.7 Å². The highest BCUT2D eigenvalue weighted by Gasteiger charge is 2.20. The van der Waals surface area contributed by atoms with E-state index in [-0.39, 0.29) is 5.91 Å². The highest BCUT2D eigenvalue weighted by atomic mass is 16.5. The molecule has 1 amide bonds. The third-order valence-corrected chi connectivity index (χ3v) is 3.20. The van der Waals surface area contributed by atoms with Crippen molar-refractivity contribution in [3.8, 4) is 5.75 Å². The lowest BCUT2D eigenvalue weighted by molar-refractivity contribution is 0.0957. The number of H-pyrrole nitrogens is 1. The molecule has 2 N–H and O–H groups in total. The minimum atomic E-state index is 0.0111. The van der Waals surface area contributed by atoms with Crippen molar-refractivity contribution in [3.05, 3.63) is 29.5 Å². The number of methoxy groups -OCH3 is 1. The Morgan fingerprint density at radius 2 is 2.24 bits per heavy atom. The maximum absolute atomic E-state index is 12.0. The number of aromatic amines is 1. The first-order valence-electron chi connectivity index (χ1n) is 5.76. The lowest BCUT2D eigenvalue weighted by Crippen LogP contribution is -2.22. The number of fused-ring (bicyclic) bond motifs is 3. The number of benzene rings is 1. The molecule has 0 atom stereocenters. The largest absolute Gasteiger partial charge is 0.497 e. The summed E-state index contributed by atoms with van der Waals surface area (Å²) < 4.78 is 5.20. The van der Waals surface area contributed by atoms with Crippen LogP contribution in [0.25, 0.3) is 10.9 Å². The molecule has 4 heteroatoms. The van der Waals surface area contributed by atoms with E-state index in [2.05, 4.69) is 10.3 Å². The molecule has 1 aromatic carbocycles. The zero-order valence-electron chi connectivity index (χ0n) is 9.67. The van der Waals surface area contributed by atoms with Crippen LogP contribution < -0.4 is 10.1 Å². The second-order valence-electron chi connectivity index (χ2n) is 4.25. The molecule has 1 aliphatic heterocycles. The molecule has 2 heterocycles. The lowest BCUT2D eigenvalue weighted by Gasteiger charge is -2.02. The Hall–Kier alpha value is -1.97. The van der Waals surface area contributed by atoms with Crippen LogP contribution in [0.15, 0.2) is 18.2 Å². The van der Waals surface area contributed by atoms with Gasteiger partial charge in [0.15, 0.2) is 0 Å². The Morgan fingerprint density at radius 1 is 1.35 bits per heavy atom. The lowest BCUT2D eigenvalue weighted by atomic mass is 10.1. The molecule has 1 aromatic heterocycles. The number of hydrogen-bond acceptors (Lipinski definition) is 2. The van der Waals surface area contributed by atoms with E-state index in [0.717, 1.165) is 47.3 Å². The summed E-state index contributed by atoms with van der Waals surface area (Å²) in [7, 11) is 1.63. The van der Waals surface area contributed by atoms with Gasteiger partial charge in [0.1, 0.15) is 5.75 Å². The average molecular weight is 230 g/mol. The van der Waals surface area contributed by atoms with Gasteiger partial charge in [-0.15, -0.1) is 0 Å².